The monoisotopic (exact) mass is 399 g/mol. The Bertz CT molecular complexity index is 1130. The first kappa shape index (κ1) is 17.7. The summed E-state index contributed by atoms with van der Waals surface area (Å²) >= 11 is 1.40. The fourth-order valence-corrected chi connectivity index (χ4v) is 2.84. The van der Waals surface area contributed by atoms with Crippen LogP contribution in [0.4, 0.5) is 5.69 Å². The molecule has 0 fully saturated rings. The predicted molar refractivity (Wildman–Crippen MR) is 99.2 cm³/mol. The van der Waals surface area contributed by atoms with Crippen LogP contribution in [0.3, 0.4) is 0 Å². The summed E-state index contributed by atoms with van der Waals surface area (Å²) < 4.78 is 14.1. The van der Waals surface area contributed by atoms with E-state index in [9.17, 15) is 10.1 Å². The molecular formula is C16H13N7O4S. The van der Waals surface area contributed by atoms with Crippen LogP contribution in [-0.4, -0.2) is 42.0 Å². The number of aromatic nitrogens is 5. The number of hydrogen-bond acceptors (Lipinski definition) is 9. The SMILES string of the molecule is CSc1nnc(-c2ccco2)n1N=Cc1ccc(Cn2cc([N+](=O)[O-])cn2)o1. The number of thioether (sulfide) groups is 1. The van der Waals surface area contributed by atoms with Crippen molar-refractivity contribution in [2.24, 2.45) is 5.10 Å². The molecule has 0 N–H and O–H groups in total. The minimum atomic E-state index is -0.497. The predicted octanol–water partition coefficient (Wildman–Crippen LogP) is 2.89. The number of nitrogens with zero attached hydrogens (tertiary/aromatic N) is 7. The molecule has 11 nitrogen and oxygen atoms in total. The minimum absolute atomic E-state index is 0.0731. The highest BCUT2D eigenvalue weighted by molar-refractivity contribution is 7.98. The third-order valence-corrected chi connectivity index (χ3v) is 4.29. The fourth-order valence-electron chi connectivity index (χ4n) is 2.41. The van der Waals surface area contributed by atoms with Crippen LogP contribution in [0, 0.1) is 10.1 Å². The van der Waals surface area contributed by atoms with Gasteiger partial charge in [0.05, 0.1) is 23.9 Å². The van der Waals surface area contributed by atoms with E-state index in [-0.39, 0.29) is 12.2 Å². The summed E-state index contributed by atoms with van der Waals surface area (Å²) in [6.07, 6.45) is 7.49. The normalized spacial score (nSPS) is 11.5. The van der Waals surface area contributed by atoms with Crippen LogP contribution in [0.2, 0.25) is 0 Å². The molecule has 0 aliphatic heterocycles. The lowest BCUT2D eigenvalue weighted by molar-refractivity contribution is -0.385. The van der Waals surface area contributed by atoms with E-state index in [1.54, 1.807) is 35.2 Å². The van der Waals surface area contributed by atoms with Crippen molar-refractivity contribution in [2.75, 3.05) is 6.26 Å². The average Bonchev–Trinajstić information content (AvgIpc) is 3.46. The van der Waals surface area contributed by atoms with Gasteiger partial charge in [0.15, 0.2) is 5.76 Å². The summed E-state index contributed by atoms with van der Waals surface area (Å²) in [5, 5.41) is 27.8. The molecule has 4 rings (SSSR count). The van der Waals surface area contributed by atoms with Crippen LogP contribution in [-0.2, 0) is 6.54 Å². The zero-order valence-electron chi connectivity index (χ0n) is 14.5. The van der Waals surface area contributed by atoms with E-state index in [2.05, 4.69) is 20.4 Å². The van der Waals surface area contributed by atoms with E-state index in [1.165, 1.54) is 35.1 Å². The summed E-state index contributed by atoms with van der Waals surface area (Å²) in [7, 11) is 0. The highest BCUT2D eigenvalue weighted by Crippen LogP contribution is 2.23. The smallest absolute Gasteiger partial charge is 0.307 e. The summed E-state index contributed by atoms with van der Waals surface area (Å²) in [6.45, 7) is 0.266. The van der Waals surface area contributed by atoms with Gasteiger partial charge in [-0.05, 0) is 30.5 Å². The van der Waals surface area contributed by atoms with Crippen molar-refractivity contribution in [1.82, 2.24) is 24.7 Å². The Kier molecular flexibility index (Phi) is 4.76. The number of furan rings is 2. The van der Waals surface area contributed by atoms with Gasteiger partial charge in [0, 0.05) is 0 Å². The third kappa shape index (κ3) is 3.57. The summed E-state index contributed by atoms with van der Waals surface area (Å²) in [6, 6.07) is 7.03. The van der Waals surface area contributed by atoms with Crippen molar-refractivity contribution < 1.29 is 13.8 Å². The molecule has 0 saturated carbocycles. The van der Waals surface area contributed by atoms with Crippen molar-refractivity contribution in [1.29, 1.82) is 0 Å². The number of rotatable bonds is 7. The first-order chi connectivity index (χ1) is 13.6. The lowest BCUT2D eigenvalue weighted by atomic mass is 10.4. The van der Waals surface area contributed by atoms with Crippen LogP contribution < -0.4 is 0 Å². The standard InChI is InChI=1S/C16H13N7O4S/c1-28-16-20-19-15(14-3-2-6-26-14)22(16)18-8-12-4-5-13(27-12)10-21-9-11(7-17-21)23(24)25/h2-9H,10H2,1H3. The maximum atomic E-state index is 10.7. The van der Waals surface area contributed by atoms with Gasteiger partial charge in [0.1, 0.15) is 23.9 Å². The second-order valence-electron chi connectivity index (χ2n) is 5.50. The van der Waals surface area contributed by atoms with Gasteiger partial charge in [-0.15, -0.1) is 10.2 Å². The average molecular weight is 399 g/mol. The lowest BCUT2D eigenvalue weighted by Gasteiger charge is -1.99. The minimum Gasteiger partial charge on any atom is -0.461 e. The quantitative estimate of drug-likeness (QED) is 0.201. The highest BCUT2D eigenvalue weighted by atomic mass is 32.2. The van der Waals surface area contributed by atoms with Gasteiger partial charge in [-0.25, -0.2) is 0 Å². The van der Waals surface area contributed by atoms with E-state index in [1.807, 2.05) is 6.26 Å². The van der Waals surface area contributed by atoms with Crippen molar-refractivity contribution in [3.8, 4) is 11.6 Å². The molecule has 0 aliphatic carbocycles. The van der Waals surface area contributed by atoms with Crippen LogP contribution in [0.5, 0.6) is 0 Å². The van der Waals surface area contributed by atoms with E-state index < -0.39 is 4.92 Å². The molecule has 0 bridgehead atoms. The Hall–Kier alpha value is -3.67. The Morgan fingerprint density at radius 3 is 2.96 bits per heavy atom. The topological polar surface area (TPSA) is 130 Å². The van der Waals surface area contributed by atoms with Crippen molar-refractivity contribution in [3.05, 3.63) is 64.6 Å². The molecule has 142 valence electrons. The molecule has 4 aromatic heterocycles. The zero-order chi connectivity index (χ0) is 19.5. The van der Waals surface area contributed by atoms with Crippen LogP contribution >= 0.6 is 11.8 Å². The highest BCUT2D eigenvalue weighted by Gasteiger charge is 2.15. The van der Waals surface area contributed by atoms with Crippen molar-refractivity contribution in [2.45, 2.75) is 11.7 Å². The Morgan fingerprint density at radius 1 is 1.36 bits per heavy atom. The molecule has 12 heteroatoms. The largest absolute Gasteiger partial charge is 0.461 e. The Morgan fingerprint density at radius 2 is 2.25 bits per heavy atom. The molecule has 0 atom stereocenters. The summed E-state index contributed by atoms with van der Waals surface area (Å²) in [5.41, 5.74) is -0.0731. The van der Waals surface area contributed by atoms with Gasteiger partial charge < -0.3 is 8.83 Å². The van der Waals surface area contributed by atoms with E-state index >= 15 is 0 Å². The Labute approximate surface area is 161 Å². The van der Waals surface area contributed by atoms with Gasteiger partial charge >= 0.3 is 5.69 Å². The van der Waals surface area contributed by atoms with Crippen LogP contribution in [0.15, 0.2) is 62.0 Å². The maximum absolute atomic E-state index is 10.7. The van der Waals surface area contributed by atoms with Crippen molar-refractivity contribution in [3.63, 3.8) is 0 Å². The summed E-state index contributed by atoms with van der Waals surface area (Å²) in [4.78, 5) is 10.2. The van der Waals surface area contributed by atoms with Gasteiger partial charge in [-0.2, -0.15) is 14.9 Å². The maximum Gasteiger partial charge on any atom is 0.307 e. The van der Waals surface area contributed by atoms with Gasteiger partial charge in [0.25, 0.3) is 0 Å². The molecule has 0 aliphatic rings. The molecule has 0 radical (unpaired) electrons. The summed E-state index contributed by atoms with van der Waals surface area (Å²) in [5.74, 6) is 2.11. The second-order valence-corrected chi connectivity index (χ2v) is 6.27. The lowest BCUT2D eigenvalue weighted by Crippen LogP contribution is -1.98. The molecule has 0 spiro atoms. The number of hydrogen-bond donors (Lipinski definition) is 0. The third-order valence-electron chi connectivity index (χ3n) is 3.67. The molecule has 4 aromatic rings. The molecule has 0 amide bonds. The molecule has 4 heterocycles. The zero-order valence-corrected chi connectivity index (χ0v) is 15.3. The van der Waals surface area contributed by atoms with Gasteiger partial charge in [-0.3, -0.25) is 14.8 Å². The first-order valence-electron chi connectivity index (χ1n) is 7.97. The van der Waals surface area contributed by atoms with Crippen molar-refractivity contribution >= 4 is 23.7 Å². The molecule has 0 saturated heterocycles. The van der Waals surface area contributed by atoms with E-state index in [0.29, 0.717) is 28.3 Å². The molecule has 0 aromatic carbocycles. The fraction of sp³-hybridized carbons (Fsp3) is 0.125. The van der Waals surface area contributed by atoms with Gasteiger partial charge in [-0.1, -0.05) is 11.8 Å². The molecule has 28 heavy (non-hydrogen) atoms. The van der Waals surface area contributed by atoms with E-state index in [0.717, 1.165) is 0 Å². The van der Waals surface area contributed by atoms with Gasteiger partial charge in [0.2, 0.25) is 11.0 Å². The first-order valence-corrected chi connectivity index (χ1v) is 9.19. The van der Waals surface area contributed by atoms with Crippen LogP contribution in [0.1, 0.15) is 11.5 Å². The Balaban J connectivity index is 1.53. The second kappa shape index (κ2) is 7.52. The number of nitro groups is 1. The molecule has 0 unspecified atom stereocenters. The van der Waals surface area contributed by atoms with E-state index in [4.69, 9.17) is 8.83 Å². The van der Waals surface area contributed by atoms with Crippen LogP contribution in [0.25, 0.3) is 11.6 Å². The molecular weight excluding hydrogens is 386 g/mol.